The molecule has 2 aromatic carbocycles. The van der Waals surface area contributed by atoms with Gasteiger partial charge in [-0.2, -0.15) is 13.2 Å². The van der Waals surface area contributed by atoms with Gasteiger partial charge < -0.3 is 15.7 Å². The molecule has 10 heteroatoms. The monoisotopic (exact) mass is 420 g/mol. The van der Waals surface area contributed by atoms with Crippen LogP contribution in [-0.4, -0.2) is 28.7 Å². The van der Waals surface area contributed by atoms with Gasteiger partial charge in [0.2, 0.25) is 5.60 Å². The normalized spacial score (nSPS) is 13.6. The molecule has 0 radical (unpaired) electrons. The third kappa shape index (κ3) is 4.91. The Labute approximate surface area is 162 Å². The Hall–Kier alpha value is -2.29. The van der Waals surface area contributed by atoms with Crippen molar-refractivity contribution in [2.75, 3.05) is 10.6 Å². The molecule has 0 saturated carbocycles. The van der Waals surface area contributed by atoms with E-state index < -0.39 is 23.6 Å². The van der Waals surface area contributed by atoms with E-state index in [-0.39, 0.29) is 16.3 Å². The molecule has 0 heterocycles. The van der Waals surface area contributed by atoms with Crippen LogP contribution in [0.15, 0.2) is 42.5 Å². The average molecular weight is 421 g/mol. The van der Waals surface area contributed by atoms with Gasteiger partial charge in [0.25, 0.3) is 11.8 Å². The summed E-state index contributed by atoms with van der Waals surface area (Å²) in [7, 11) is 0. The summed E-state index contributed by atoms with van der Waals surface area (Å²) in [6.07, 6.45) is -5.17. The average Bonchev–Trinajstić information content (AvgIpc) is 2.55. The number of benzene rings is 2. The molecule has 2 amide bonds. The molecule has 0 saturated heterocycles. The summed E-state index contributed by atoms with van der Waals surface area (Å²) in [6, 6.07) is 9.97. The molecule has 0 aliphatic heterocycles. The number of halogens is 5. The Morgan fingerprint density at radius 3 is 2.26 bits per heavy atom. The highest BCUT2D eigenvalue weighted by atomic mass is 35.5. The molecule has 27 heavy (non-hydrogen) atoms. The number of anilines is 2. The van der Waals surface area contributed by atoms with E-state index in [1.807, 2.05) is 5.32 Å². The molecule has 0 bridgehead atoms. The van der Waals surface area contributed by atoms with E-state index in [2.05, 4.69) is 5.32 Å². The zero-order valence-electron chi connectivity index (χ0n) is 13.7. The maximum absolute atomic E-state index is 12.7. The first-order valence-corrected chi connectivity index (χ1v) is 8.14. The van der Waals surface area contributed by atoms with E-state index >= 15 is 0 Å². The summed E-state index contributed by atoms with van der Waals surface area (Å²) >= 11 is 11.8. The predicted octanol–water partition coefficient (Wildman–Crippen LogP) is 4.50. The summed E-state index contributed by atoms with van der Waals surface area (Å²) in [4.78, 5) is 23.9. The van der Waals surface area contributed by atoms with E-state index in [1.54, 1.807) is 18.2 Å². The van der Waals surface area contributed by atoms with Crippen molar-refractivity contribution in [3.8, 4) is 0 Å². The first-order valence-electron chi connectivity index (χ1n) is 7.39. The quantitative estimate of drug-likeness (QED) is 0.681. The zero-order valence-corrected chi connectivity index (χ0v) is 15.2. The Bertz CT molecular complexity index is 886. The SMILES string of the molecule is CC(O)(C(=O)Nc1ccc(C(=O)Nc2cccc(Cl)c2)cc1Cl)C(F)(F)F. The molecular formula is C17H13Cl2F3N2O3. The van der Waals surface area contributed by atoms with E-state index in [4.69, 9.17) is 23.2 Å². The van der Waals surface area contributed by atoms with Crippen molar-refractivity contribution in [2.24, 2.45) is 0 Å². The van der Waals surface area contributed by atoms with Crippen LogP contribution in [-0.2, 0) is 4.79 Å². The van der Waals surface area contributed by atoms with Crippen LogP contribution in [0.25, 0.3) is 0 Å². The van der Waals surface area contributed by atoms with E-state index in [9.17, 15) is 27.9 Å². The fraction of sp³-hybridized carbons (Fsp3) is 0.176. The van der Waals surface area contributed by atoms with Gasteiger partial charge in [0, 0.05) is 16.3 Å². The van der Waals surface area contributed by atoms with Gasteiger partial charge in [-0.05, 0) is 43.3 Å². The molecule has 1 atom stereocenters. The number of carbonyl (C=O) groups excluding carboxylic acids is 2. The second-order valence-electron chi connectivity index (χ2n) is 5.68. The summed E-state index contributed by atoms with van der Waals surface area (Å²) in [5.74, 6) is -2.24. The summed E-state index contributed by atoms with van der Waals surface area (Å²) in [5.41, 5.74) is -3.26. The minimum atomic E-state index is -5.17. The van der Waals surface area contributed by atoms with E-state index in [0.717, 1.165) is 6.07 Å². The second-order valence-corrected chi connectivity index (χ2v) is 6.53. The Kier molecular flexibility index (Phi) is 6.04. The fourth-order valence-corrected chi connectivity index (χ4v) is 2.32. The van der Waals surface area contributed by atoms with Crippen LogP contribution in [0.3, 0.4) is 0 Å². The van der Waals surface area contributed by atoms with Crippen molar-refractivity contribution in [3.63, 3.8) is 0 Å². The van der Waals surface area contributed by atoms with Gasteiger partial charge in [-0.1, -0.05) is 29.3 Å². The number of alkyl halides is 3. The minimum absolute atomic E-state index is 0.0977. The molecule has 0 fully saturated rings. The van der Waals surface area contributed by atoms with Crippen molar-refractivity contribution < 1.29 is 27.9 Å². The topological polar surface area (TPSA) is 78.4 Å². The number of aliphatic hydroxyl groups is 1. The number of hydrogen-bond acceptors (Lipinski definition) is 3. The van der Waals surface area contributed by atoms with Crippen molar-refractivity contribution in [3.05, 3.63) is 58.1 Å². The molecule has 2 rings (SSSR count). The highest BCUT2D eigenvalue weighted by Gasteiger charge is 2.55. The summed E-state index contributed by atoms with van der Waals surface area (Å²) in [5, 5.41) is 14.0. The smallest absolute Gasteiger partial charge is 0.373 e. The van der Waals surface area contributed by atoms with Crippen molar-refractivity contribution >= 4 is 46.4 Å². The standard InChI is InChI=1S/C17H13Cl2F3N2O3/c1-16(27,17(20,21)22)15(26)24-13-6-5-9(7-12(13)19)14(25)23-11-4-2-3-10(18)8-11/h2-8,27H,1H3,(H,23,25)(H,24,26). The Balaban J connectivity index is 2.15. The van der Waals surface area contributed by atoms with Crippen molar-refractivity contribution in [1.29, 1.82) is 0 Å². The summed E-state index contributed by atoms with van der Waals surface area (Å²) in [6.45, 7) is 0.322. The van der Waals surface area contributed by atoms with Crippen LogP contribution < -0.4 is 10.6 Å². The second kappa shape index (κ2) is 7.75. The van der Waals surface area contributed by atoms with Crippen molar-refractivity contribution in [2.45, 2.75) is 18.7 Å². The van der Waals surface area contributed by atoms with Crippen LogP contribution in [0.5, 0.6) is 0 Å². The fourth-order valence-electron chi connectivity index (χ4n) is 1.90. The van der Waals surface area contributed by atoms with Crippen molar-refractivity contribution in [1.82, 2.24) is 0 Å². The molecule has 0 aliphatic carbocycles. The molecule has 0 spiro atoms. The maximum atomic E-state index is 12.7. The van der Waals surface area contributed by atoms with Crippen LogP contribution in [0.1, 0.15) is 17.3 Å². The number of nitrogens with one attached hydrogen (secondary N) is 2. The highest BCUT2D eigenvalue weighted by molar-refractivity contribution is 6.34. The summed E-state index contributed by atoms with van der Waals surface area (Å²) < 4.78 is 38.1. The molecule has 2 aromatic rings. The van der Waals surface area contributed by atoms with Crippen LogP contribution in [0.2, 0.25) is 10.0 Å². The molecule has 3 N–H and O–H groups in total. The van der Waals surface area contributed by atoms with Gasteiger partial charge in [0.15, 0.2) is 0 Å². The lowest BCUT2D eigenvalue weighted by Crippen LogP contribution is -2.52. The van der Waals surface area contributed by atoms with Gasteiger partial charge in [-0.15, -0.1) is 0 Å². The largest absolute Gasteiger partial charge is 0.426 e. The molecule has 0 aromatic heterocycles. The molecular weight excluding hydrogens is 408 g/mol. The number of hydrogen-bond donors (Lipinski definition) is 3. The lowest BCUT2D eigenvalue weighted by molar-refractivity contribution is -0.242. The van der Waals surface area contributed by atoms with Gasteiger partial charge in [-0.25, -0.2) is 0 Å². The third-order valence-corrected chi connectivity index (χ3v) is 4.10. The molecule has 0 aliphatic rings. The zero-order chi connectivity index (χ0) is 20.4. The third-order valence-electron chi connectivity index (χ3n) is 3.56. The predicted molar refractivity (Wildman–Crippen MR) is 96.2 cm³/mol. The number of amides is 2. The lowest BCUT2D eigenvalue weighted by atomic mass is 10.1. The van der Waals surface area contributed by atoms with Crippen LogP contribution in [0.4, 0.5) is 24.5 Å². The Morgan fingerprint density at radius 1 is 1.04 bits per heavy atom. The van der Waals surface area contributed by atoms with Gasteiger partial charge >= 0.3 is 6.18 Å². The van der Waals surface area contributed by atoms with E-state index in [1.165, 1.54) is 18.2 Å². The van der Waals surface area contributed by atoms with E-state index in [0.29, 0.717) is 17.6 Å². The molecule has 144 valence electrons. The number of rotatable bonds is 4. The van der Waals surface area contributed by atoms with Gasteiger partial charge in [0.1, 0.15) is 0 Å². The first kappa shape index (κ1) is 21.0. The van der Waals surface area contributed by atoms with Crippen LogP contribution >= 0.6 is 23.2 Å². The minimum Gasteiger partial charge on any atom is -0.373 e. The first-order chi connectivity index (χ1) is 12.4. The van der Waals surface area contributed by atoms with Crippen LogP contribution in [0, 0.1) is 0 Å². The van der Waals surface area contributed by atoms with Gasteiger partial charge in [0.05, 0.1) is 10.7 Å². The van der Waals surface area contributed by atoms with Gasteiger partial charge in [-0.3, -0.25) is 9.59 Å². The molecule has 1 unspecified atom stereocenters. The molecule has 5 nitrogen and oxygen atoms in total. The lowest BCUT2D eigenvalue weighted by Gasteiger charge is -2.25. The Morgan fingerprint density at radius 2 is 1.70 bits per heavy atom. The highest BCUT2D eigenvalue weighted by Crippen LogP contribution is 2.32. The maximum Gasteiger partial charge on any atom is 0.426 e. The number of carbonyl (C=O) groups is 2.